The lowest BCUT2D eigenvalue weighted by molar-refractivity contribution is 0.623. The van der Waals surface area contributed by atoms with Crippen molar-refractivity contribution in [3.63, 3.8) is 0 Å². The number of rotatable bonds is 4. The van der Waals surface area contributed by atoms with E-state index in [0.717, 1.165) is 66.4 Å². The van der Waals surface area contributed by atoms with Gasteiger partial charge in [0, 0.05) is 58.7 Å². The highest BCUT2D eigenvalue weighted by Gasteiger charge is 2.22. The van der Waals surface area contributed by atoms with E-state index in [9.17, 15) is 0 Å². The van der Waals surface area contributed by atoms with Crippen molar-refractivity contribution < 1.29 is 8.83 Å². The summed E-state index contributed by atoms with van der Waals surface area (Å²) in [5.41, 5.74) is 7.44. The van der Waals surface area contributed by atoms with Gasteiger partial charge in [0.1, 0.15) is 16.7 Å². The van der Waals surface area contributed by atoms with Crippen molar-refractivity contribution in [1.82, 2.24) is 4.98 Å². The number of furan rings is 1. The number of para-hydroxylation sites is 1. The highest BCUT2D eigenvalue weighted by Crippen LogP contribution is 2.46. The molecule has 0 N–H and O–H groups in total. The maximum absolute atomic E-state index is 6.46. The Bertz CT molecular complexity index is 2660. The summed E-state index contributed by atoms with van der Waals surface area (Å²) >= 11 is 1.83. The van der Waals surface area contributed by atoms with Crippen molar-refractivity contribution in [1.29, 1.82) is 0 Å². The third-order valence-corrected chi connectivity index (χ3v) is 10.0. The van der Waals surface area contributed by atoms with E-state index in [4.69, 9.17) is 13.8 Å². The maximum atomic E-state index is 6.46. The van der Waals surface area contributed by atoms with Gasteiger partial charge in [-0.3, -0.25) is 0 Å². The average molecular weight is 609 g/mol. The fraction of sp³-hybridized carbons (Fsp3) is 0. The Morgan fingerprint density at radius 2 is 1.13 bits per heavy atom. The van der Waals surface area contributed by atoms with Gasteiger partial charge in [-0.25, -0.2) is 4.98 Å². The Labute approximate surface area is 267 Å². The van der Waals surface area contributed by atoms with E-state index >= 15 is 0 Å². The van der Waals surface area contributed by atoms with E-state index in [0.29, 0.717) is 5.89 Å². The largest absolute Gasteiger partial charge is 0.456 e. The molecule has 0 aliphatic heterocycles. The molecule has 10 rings (SSSR count). The monoisotopic (exact) mass is 608 g/mol. The lowest BCUT2D eigenvalue weighted by Crippen LogP contribution is -2.10. The van der Waals surface area contributed by atoms with E-state index < -0.39 is 0 Å². The standard InChI is InChI=1S/C41H24N2O2S/c1-2-10-25(11-3-1)41-42-34-24-35(28-12-4-5-15-31(28)40(34)45-41)43(26-18-20-37-32(22-26)29-13-6-8-16-36(29)44-37)27-19-21-39-33(23-27)30-14-7-9-17-38(30)46-39/h1-24H. The molecule has 0 spiro atoms. The van der Waals surface area contributed by atoms with Crippen LogP contribution < -0.4 is 4.90 Å². The third-order valence-electron chi connectivity index (χ3n) is 8.87. The van der Waals surface area contributed by atoms with Gasteiger partial charge in [-0.05, 0) is 66.7 Å². The van der Waals surface area contributed by atoms with Crippen molar-refractivity contribution in [2.45, 2.75) is 0 Å². The smallest absolute Gasteiger partial charge is 0.227 e. The van der Waals surface area contributed by atoms with Gasteiger partial charge < -0.3 is 13.7 Å². The van der Waals surface area contributed by atoms with Crippen LogP contribution in [0.15, 0.2) is 154 Å². The molecule has 0 aliphatic rings. The van der Waals surface area contributed by atoms with E-state index in [1.807, 2.05) is 53.8 Å². The zero-order valence-electron chi connectivity index (χ0n) is 24.5. The summed E-state index contributed by atoms with van der Waals surface area (Å²) in [6.07, 6.45) is 0. The molecule has 10 aromatic rings. The summed E-state index contributed by atoms with van der Waals surface area (Å²) < 4.78 is 15.2. The Morgan fingerprint density at radius 3 is 2.00 bits per heavy atom. The molecule has 0 radical (unpaired) electrons. The molecule has 0 fully saturated rings. The first-order chi connectivity index (χ1) is 22.8. The Hall–Kier alpha value is -5.91. The van der Waals surface area contributed by atoms with Crippen LogP contribution in [0.25, 0.3) is 75.4 Å². The minimum atomic E-state index is 0.613. The van der Waals surface area contributed by atoms with Gasteiger partial charge in [0.2, 0.25) is 5.89 Å². The van der Waals surface area contributed by atoms with Gasteiger partial charge in [0.25, 0.3) is 0 Å². The van der Waals surface area contributed by atoms with Crippen LogP contribution >= 0.6 is 11.3 Å². The average Bonchev–Trinajstić information content (AvgIpc) is 3.82. The molecule has 0 atom stereocenters. The summed E-state index contributed by atoms with van der Waals surface area (Å²) in [4.78, 5) is 7.37. The van der Waals surface area contributed by atoms with Gasteiger partial charge in [-0.1, -0.05) is 78.9 Å². The summed E-state index contributed by atoms with van der Waals surface area (Å²) in [6.45, 7) is 0. The highest BCUT2D eigenvalue weighted by molar-refractivity contribution is 7.25. The van der Waals surface area contributed by atoms with Crippen LogP contribution in [0.5, 0.6) is 0 Å². The molecule has 0 bridgehead atoms. The van der Waals surface area contributed by atoms with E-state index in [-0.39, 0.29) is 0 Å². The zero-order chi connectivity index (χ0) is 30.2. The van der Waals surface area contributed by atoms with Crippen LogP contribution in [0.2, 0.25) is 0 Å². The number of benzene rings is 7. The number of hydrogen-bond donors (Lipinski definition) is 0. The molecule has 0 saturated heterocycles. The quantitative estimate of drug-likeness (QED) is 0.199. The maximum Gasteiger partial charge on any atom is 0.227 e. The molecule has 216 valence electrons. The first-order valence-electron chi connectivity index (χ1n) is 15.3. The highest BCUT2D eigenvalue weighted by atomic mass is 32.1. The van der Waals surface area contributed by atoms with Gasteiger partial charge in [0.05, 0.1) is 5.69 Å². The second kappa shape index (κ2) is 9.80. The van der Waals surface area contributed by atoms with E-state index in [2.05, 4.69) is 108 Å². The van der Waals surface area contributed by atoms with Crippen LogP contribution in [0.1, 0.15) is 0 Å². The van der Waals surface area contributed by atoms with Gasteiger partial charge >= 0.3 is 0 Å². The van der Waals surface area contributed by atoms with Gasteiger partial charge in [-0.15, -0.1) is 11.3 Å². The normalized spacial score (nSPS) is 11.9. The van der Waals surface area contributed by atoms with Crippen LogP contribution in [-0.4, -0.2) is 4.98 Å². The molecule has 5 heteroatoms. The zero-order valence-corrected chi connectivity index (χ0v) is 25.3. The number of oxazole rings is 1. The van der Waals surface area contributed by atoms with Crippen LogP contribution in [0, 0.1) is 0 Å². The summed E-state index contributed by atoms with van der Waals surface area (Å²) in [7, 11) is 0. The van der Waals surface area contributed by atoms with Crippen molar-refractivity contribution >= 4 is 92.4 Å². The second-order valence-corrected chi connectivity index (χ2v) is 12.7. The predicted octanol–water partition coefficient (Wildman–Crippen LogP) is 12.4. The number of nitrogens with zero attached hydrogens (tertiary/aromatic N) is 2. The molecule has 0 saturated carbocycles. The number of hydrogen-bond acceptors (Lipinski definition) is 5. The molecule has 4 nitrogen and oxygen atoms in total. The summed E-state index contributed by atoms with van der Waals surface area (Å²) in [5.74, 6) is 0.613. The Morgan fingerprint density at radius 1 is 0.478 bits per heavy atom. The number of thiophene rings is 1. The van der Waals surface area contributed by atoms with Crippen molar-refractivity contribution in [3.05, 3.63) is 146 Å². The number of anilines is 3. The van der Waals surface area contributed by atoms with Crippen LogP contribution in [0.3, 0.4) is 0 Å². The number of fused-ring (bicyclic) bond motifs is 9. The van der Waals surface area contributed by atoms with E-state index in [1.54, 1.807) is 0 Å². The molecular formula is C41H24N2O2S. The number of aromatic nitrogens is 1. The third kappa shape index (κ3) is 3.82. The fourth-order valence-electron chi connectivity index (χ4n) is 6.76. The molecule has 7 aromatic carbocycles. The molecular weight excluding hydrogens is 585 g/mol. The fourth-order valence-corrected chi connectivity index (χ4v) is 7.84. The van der Waals surface area contributed by atoms with Crippen molar-refractivity contribution in [2.24, 2.45) is 0 Å². The lowest BCUT2D eigenvalue weighted by Gasteiger charge is -2.27. The van der Waals surface area contributed by atoms with E-state index in [1.165, 1.54) is 20.2 Å². The summed E-state index contributed by atoms with van der Waals surface area (Å²) in [6, 6.07) is 50.9. The Balaban J connectivity index is 1.28. The second-order valence-electron chi connectivity index (χ2n) is 11.6. The first kappa shape index (κ1) is 25.4. The van der Waals surface area contributed by atoms with Crippen molar-refractivity contribution in [2.75, 3.05) is 4.90 Å². The van der Waals surface area contributed by atoms with Gasteiger partial charge in [-0.2, -0.15) is 0 Å². The Kier molecular flexibility index (Phi) is 5.41. The van der Waals surface area contributed by atoms with Gasteiger partial charge in [0.15, 0.2) is 5.58 Å². The SMILES string of the molecule is c1ccc(-c2nc3cc(N(c4ccc5oc6ccccc6c5c4)c4ccc5sc6ccccc6c5c4)c4ccccc4c3o2)cc1. The molecule has 0 unspecified atom stereocenters. The van der Waals surface area contributed by atoms with Crippen molar-refractivity contribution in [3.8, 4) is 11.5 Å². The lowest BCUT2D eigenvalue weighted by atomic mass is 10.0. The molecule has 3 heterocycles. The van der Waals surface area contributed by atoms with Crippen LogP contribution in [0.4, 0.5) is 17.1 Å². The topological polar surface area (TPSA) is 42.4 Å². The predicted molar refractivity (Wildman–Crippen MR) is 192 cm³/mol. The minimum Gasteiger partial charge on any atom is -0.456 e. The van der Waals surface area contributed by atoms with Crippen LogP contribution in [-0.2, 0) is 0 Å². The molecule has 3 aromatic heterocycles. The molecule has 46 heavy (non-hydrogen) atoms. The molecule has 0 aliphatic carbocycles. The first-order valence-corrected chi connectivity index (χ1v) is 16.1. The molecule has 0 amide bonds. The minimum absolute atomic E-state index is 0.613. The summed E-state index contributed by atoms with van der Waals surface area (Å²) in [5, 5.41) is 6.80.